The number of carbonyl (C=O) groups is 2. The summed E-state index contributed by atoms with van der Waals surface area (Å²) in [6.07, 6.45) is 5.58. The molecule has 140 valence electrons. The van der Waals surface area contributed by atoms with Gasteiger partial charge in [-0.15, -0.1) is 0 Å². The van der Waals surface area contributed by atoms with E-state index in [4.69, 9.17) is 9.47 Å². The molecule has 26 heavy (non-hydrogen) atoms. The lowest BCUT2D eigenvalue weighted by molar-refractivity contribution is -0.140. The van der Waals surface area contributed by atoms with Crippen molar-refractivity contribution >= 4 is 27.7 Å². The smallest absolute Gasteiger partial charge is 0.324 e. The highest BCUT2D eigenvalue weighted by molar-refractivity contribution is 9.09. The van der Waals surface area contributed by atoms with Gasteiger partial charge in [-0.05, 0) is 61.1 Å². The number of methoxy groups -OCH3 is 1. The molecule has 1 aromatic rings. The van der Waals surface area contributed by atoms with Gasteiger partial charge in [-0.1, -0.05) is 34.1 Å². The molecule has 4 rings (SSSR count). The van der Waals surface area contributed by atoms with E-state index in [1.54, 1.807) is 0 Å². The van der Waals surface area contributed by atoms with Gasteiger partial charge < -0.3 is 9.47 Å². The van der Waals surface area contributed by atoms with Crippen LogP contribution in [-0.2, 0) is 30.9 Å². The molecule has 5 heteroatoms. The van der Waals surface area contributed by atoms with Crippen molar-refractivity contribution in [1.82, 2.24) is 0 Å². The number of alkyl halides is 1. The Morgan fingerprint density at radius 1 is 1.27 bits per heavy atom. The van der Waals surface area contributed by atoms with Crippen LogP contribution < -0.4 is 0 Å². The maximum absolute atomic E-state index is 13.6. The summed E-state index contributed by atoms with van der Waals surface area (Å²) in [6.45, 7) is 1.54. The Balaban J connectivity index is 1.73. The van der Waals surface area contributed by atoms with Gasteiger partial charge in [0.05, 0.1) is 12.5 Å². The number of benzene rings is 1. The Morgan fingerprint density at radius 2 is 2.00 bits per heavy atom. The molecule has 1 aliphatic heterocycles. The van der Waals surface area contributed by atoms with E-state index in [0.29, 0.717) is 11.7 Å². The lowest BCUT2D eigenvalue weighted by Crippen LogP contribution is -2.35. The molecule has 3 aliphatic rings. The van der Waals surface area contributed by atoms with Gasteiger partial charge in [0.2, 0.25) is 0 Å². The summed E-state index contributed by atoms with van der Waals surface area (Å²) >= 11 is 3.50. The van der Waals surface area contributed by atoms with Gasteiger partial charge in [0.1, 0.15) is 10.6 Å². The highest BCUT2D eigenvalue weighted by atomic mass is 79.9. The van der Waals surface area contributed by atoms with E-state index in [2.05, 4.69) is 22.0 Å². The summed E-state index contributed by atoms with van der Waals surface area (Å²) in [5.74, 6) is 0.646. The summed E-state index contributed by atoms with van der Waals surface area (Å²) in [5, 5.41) is 0. The van der Waals surface area contributed by atoms with Gasteiger partial charge in [0.15, 0.2) is 0 Å². The van der Waals surface area contributed by atoms with Crippen molar-refractivity contribution in [2.24, 2.45) is 11.8 Å². The summed E-state index contributed by atoms with van der Waals surface area (Å²) in [5.41, 5.74) is 2.86. The summed E-state index contributed by atoms with van der Waals surface area (Å²) < 4.78 is 10.4. The Labute approximate surface area is 162 Å². The molecule has 0 bridgehead atoms. The predicted molar refractivity (Wildman–Crippen MR) is 101 cm³/mol. The van der Waals surface area contributed by atoms with Gasteiger partial charge in [-0.2, -0.15) is 0 Å². The second-order valence-electron chi connectivity index (χ2n) is 7.81. The van der Waals surface area contributed by atoms with Gasteiger partial charge in [-0.25, -0.2) is 0 Å². The first-order valence-electron chi connectivity index (χ1n) is 9.54. The molecule has 1 saturated carbocycles. The fraction of sp³-hybridized carbons (Fsp3) is 0.619. The number of ketones is 1. The van der Waals surface area contributed by atoms with Crippen molar-refractivity contribution in [1.29, 1.82) is 0 Å². The molecule has 0 radical (unpaired) electrons. The van der Waals surface area contributed by atoms with E-state index in [0.717, 1.165) is 62.9 Å². The average Bonchev–Trinajstić information content (AvgIpc) is 3.50. The molecule has 0 amide bonds. The summed E-state index contributed by atoms with van der Waals surface area (Å²) in [4.78, 5) is 25.3. The second kappa shape index (κ2) is 7.08. The topological polar surface area (TPSA) is 52.6 Å². The van der Waals surface area contributed by atoms with Gasteiger partial charge in [-0.3, -0.25) is 9.59 Å². The van der Waals surface area contributed by atoms with Crippen molar-refractivity contribution in [3.63, 3.8) is 0 Å². The fourth-order valence-electron chi connectivity index (χ4n) is 4.96. The van der Waals surface area contributed by atoms with Crippen molar-refractivity contribution in [3.05, 3.63) is 34.9 Å². The summed E-state index contributed by atoms with van der Waals surface area (Å²) in [7, 11) is 1.40. The molecule has 4 nitrogen and oxygen atoms in total. The standard InChI is InChI=1S/C21H25BrO4/c1-25-20(24)18(22)16-4-2-3-14-5-6-15(13-7-11-26-12-8-13)19(23)21(9-10-21)17(14)16/h2-4,13,15,18H,5-12H2,1H3. The number of carbonyl (C=O) groups excluding carboxylic acids is 2. The Morgan fingerprint density at radius 3 is 2.65 bits per heavy atom. The Kier molecular flexibility index (Phi) is 4.95. The monoisotopic (exact) mass is 420 g/mol. The minimum absolute atomic E-state index is 0.119. The van der Waals surface area contributed by atoms with Crippen LogP contribution in [0.5, 0.6) is 0 Å². The first-order chi connectivity index (χ1) is 12.6. The normalized spacial score (nSPS) is 26.1. The van der Waals surface area contributed by atoms with Gasteiger partial charge in [0.25, 0.3) is 0 Å². The quantitative estimate of drug-likeness (QED) is 0.549. The zero-order chi connectivity index (χ0) is 18.3. The van der Waals surface area contributed by atoms with Crippen LogP contribution in [-0.4, -0.2) is 32.1 Å². The minimum Gasteiger partial charge on any atom is -0.468 e. The van der Waals surface area contributed by atoms with Crippen LogP contribution in [0.1, 0.15) is 53.6 Å². The maximum Gasteiger partial charge on any atom is 0.324 e. The number of halogens is 1. The molecule has 0 aromatic heterocycles. The Bertz CT molecular complexity index is 719. The molecule has 1 heterocycles. The average molecular weight is 421 g/mol. The molecule has 2 unspecified atom stereocenters. The number of esters is 1. The van der Waals surface area contributed by atoms with E-state index in [-0.39, 0.29) is 17.3 Å². The fourth-order valence-corrected chi connectivity index (χ4v) is 5.53. The highest BCUT2D eigenvalue weighted by Crippen LogP contribution is 2.57. The van der Waals surface area contributed by atoms with Crippen LogP contribution in [0.25, 0.3) is 0 Å². The lowest BCUT2D eigenvalue weighted by Gasteiger charge is -2.31. The van der Waals surface area contributed by atoms with Crippen LogP contribution in [0.2, 0.25) is 0 Å². The highest BCUT2D eigenvalue weighted by Gasteiger charge is 2.57. The third-order valence-electron chi connectivity index (χ3n) is 6.46. The van der Waals surface area contributed by atoms with Crippen molar-refractivity contribution in [3.8, 4) is 0 Å². The molecule has 1 spiro atoms. The van der Waals surface area contributed by atoms with Gasteiger partial charge >= 0.3 is 5.97 Å². The van der Waals surface area contributed by atoms with Gasteiger partial charge in [0, 0.05) is 19.1 Å². The van der Waals surface area contributed by atoms with Crippen LogP contribution in [0.3, 0.4) is 0 Å². The number of rotatable bonds is 3. The molecular formula is C21H25BrO4. The number of aryl methyl sites for hydroxylation is 1. The molecule has 1 aromatic carbocycles. The maximum atomic E-state index is 13.6. The number of Topliss-reactive ketones (excluding diaryl/α,β-unsaturated/α-hetero) is 1. The van der Waals surface area contributed by atoms with Crippen LogP contribution in [0.4, 0.5) is 0 Å². The van der Waals surface area contributed by atoms with E-state index in [9.17, 15) is 9.59 Å². The van der Waals surface area contributed by atoms with Crippen molar-refractivity contribution in [2.45, 2.75) is 48.8 Å². The van der Waals surface area contributed by atoms with Crippen LogP contribution in [0, 0.1) is 11.8 Å². The SMILES string of the molecule is COC(=O)C(Br)c1cccc2c1C1(CC1)C(=O)C(C1CCOCC1)CC2. The molecule has 1 saturated heterocycles. The molecular weight excluding hydrogens is 396 g/mol. The third-order valence-corrected chi connectivity index (χ3v) is 7.33. The van der Waals surface area contributed by atoms with E-state index < -0.39 is 4.83 Å². The number of hydrogen-bond acceptors (Lipinski definition) is 4. The van der Waals surface area contributed by atoms with Crippen molar-refractivity contribution < 1.29 is 19.1 Å². The largest absolute Gasteiger partial charge is 0.468 e. The van der Waals surface area contributed by atoms with E-state index in [1.807, 2.05) is 12.1 Å². The second-order valence-corrected chi connectivity index (χ2v) is 8.72. The molecule has 2 fully saturated rings. The third kappa shape index (κ3) is 2.93. The van der Waals surface area contributed by atoms with Crippen molar-refractivity contribution in [2.75, 3.05) is 20.3 Å². The molecule has 2 aliphatic carbocycles. The van der Waals surface area contributed by atoms with E-state index in [1.165, 1.54) is 12.7 Å². The lowest BCUT2D eigenvalue weighted by atomic mass is 9.75. The van der Waals surface area contributed by atoms with Crippen LogP contribution in [0.15, 0.2) is 18.2 Å². The number of ether oxygens (including phenoxy) is 2. The first-order valence-corrected chi connectivity index (χ1v) is 10.5. The molecule has 0 N–H and O–H groups in total. The number of hydrogen-bond donors (Lipinski definition) is 0. The first kappa shape index (κ1) is 18.2. The summed E-state index contributed by atoms with van der Waals surface area (Å²) in [6, 6.07) is 6.10. The predicted octanol–water partition coefficient (Wildman–Crippen LogP) is 3.89. The molecule has 2 atom stereocenters. The zero-order valence-electron chi connectivity index (χ0n) is 15.1. The zero-order valence-corrected chi connectivity index (χ0v) is 16.7. The van der Waals surface area contributed by atoms with Crippen LogP contribution >= 0.6 is 15.9 Å². The minimum atomic E-state index is -0.521. The Hall–Kier alpha value is -1.20. The van der Waals surface area contributed by atoms with E-state index >= 15 is 0 Å². The number of fused-ring (bicyclic) bond motifs is 2.